The zero-order valence-electron chi connectivity index (χ0n) is 10.0. The predicted molar refractivity (Wildman–Crippen MR) is 65.7 cm³/mol. The van der Waals surface area contributed by atoms with E-state index in [4.69, 9.17) is 5.73 Å². The molecule has 2 heterocycles. The van der Waals surface area contributed by atoms with Crippen LogP contribution in [-0.4, -0.2) is 28.0 Å². The number of nitrogens with two attached hydrogens (primary N) is 1. The van der Waals surface area contributed by atoms with Crippen molar-refractivity contribution in [3.05, 3.63) is 29.4 Å². The lowest BCUT2D eigenvalue weighted by atomic mass is 10.00. The van der Waals surface area contributed by atoms with Crippen LogP contribution >= 0.6 is 0 Å². The summed E-state index contributed by atoms with van der Waals surface area (Å²) in [6.07, 6.45) is 2.88. The van der Waals surface area contributed by atoms with E-state index in [1.165, 1.54) is 12.3 Å². The molecule has 2 rings (SSSR count). The number of allylic oxidation sites excluding steroid dienone is 1. The third-order valence-electron chi connectivity index (χ3n) is 2.51. The normalized spacial score (nSPS) is 18.7. The monoisotopic (exact) mass is 244 g/mol. The number of amides is 2. The molecule has 0 radical (unpaired) electrons. The SMILES string of the molecule is Cc1cc(C2=CC(C(N)=O)C(=O)N=C2)nc(C)n1. The van der Waals surface area contributed by atoms with Crippen molar-refractivity contribution in [1.82, 2.24) is 9.97 Å². The van der Waals surface area contributed by atoms with Crippen molar-refractivity contribution >= 4 is 23.6 Å². The summed E-state index contributed by atoms with van der Waals surface area (Å²) in [6, 6.07) is 1.76. The molecule has 2 amide bonds. The number of aromatic nitrogens is 2. The van der Waals surface area contributed by atoms with E-state index in [0.29, 0.717) is 17.1 Å². The molecule has 92 valence electrons. The van der Waals surface area contributed by atoms with Gasteiger partial charge in [0.05, 0.1) is 5.69 Å². The zero-order valence-corrected chi connectivity index (χ0v) is 10.0. The summed E-state index contributed by atoms with van der Waals surface area (Å²) in [5, 5.41) is 0. The molecule has 0 bridgehead atoms. The highest BCUT2D eigenvalue weighted by Crippen LogP contribution is 2.18. The standard InChI is InChI=1S/C12H12N4O2/c1-6-3-10(16-7(2)15-6)8-4-9(11(13)17)12(18)14-5-8/h3-5,9H,1-2H3,(H2,13,17). The second-order valence-corrected chi connectivity index (χ2v) is 4.04. The number of aliphatic imine (C=N–C) groups is 1. The Kier molecular flexibility index (Phi) is 3.01. The van der Waals surface area contributed by atoms with Crippen molar-refractivity contribution in [2.24, 2.45) is 16.6 Å². The first-order chi connectivity index (χ1) is 8.47. The van der Waals surface area contributed by atoms with Gasteiger partial charge in [-0.1, -0.05) is 6.08 Å². The molecule has 6 heteroatoms. The van der Waals surface area contributed by atoms with Gasteiger partial charge in [-0.3, -0.25) is 9.59 Å². The highest BCUT2D eigenvalue weighted by molar-refractivity contribution is 6.19. The molecule has 0 spiro atoms. The van der Waals surface area contributed by atoms with E-state index in [0.717, 1.165) is 5.69 Å². The Morgan fingerprint density at radius 1 is 1.33 bits per heavy atom. The van der Waals surface area contributed by atoms with Crippen LogP contribution in [0.2, 0.25) is 0 Å². The largest absolute Gasteiger partial charge is 0.369 e. The molecule has 6 nitrogen and oxygen atoms in total. The Labute approximate surface area is 104 Å². The van der Waals surface area contributed by atoms with E-state index < -0.39 is 17.7 Å². The summed E-state index contributed by atoms with van der Waals surface area (Å²) in [5.41, 5.74) is 7.18. The Bertz CT molecular complexity index is 569. The lowest BCUT2D eigenvalue weighted by Crippen LogP contribution is -2.29. The zero-order chi connectivity index (χ0) is 13.3. The van der Waals surface area contributed by atoms with Crippen molar-refractivity contribution in [3.63, 3.8) is 0 Å². The van der Waals surface area contributed by atoms with Gasteiger partial charge in [0.25, 0.3) is 5.91 Å². The van der Waals surface area contributed by atoms with Gasteiger partial charge in [-0.2, -0.15) is 0 Å². The van der Waals surface area contributed by atoms with Gasteiger partial charge in [0.2, 0.25) is 5.91 Å². The maximum atomic E-state index is 11.4. The summed E-state index contributed by atoms with van der Waals surface area (Å²) in [7, 11) is 0. The molecular formula is C12H12N4O2. The lowest BCUT2D eigenvalue weighted by Gasteiger charge is -2.12. The number of dihydropyridines is 1. The van der Waals surface area contributed by atoms with E-state index >= 15 is 0 Å². The predicted octanol–water partition coefficient (Wildman–Crippen LogP) is 0.189. The Morgan fingerprint density at radius 3 is 2.67 bits per heavy atom. The van der Waals surface area contributed by atoms with E-state index in [1.54, 1.807) is 13.0 Å². The quantitative estimate of drug-likeness (QED) is 0.750. The van der Waals surface area contributed by atoms with Gasteiger partial charge in [-0.25, -0.2) is 15.0 Å². The van der Waals surface area contributed by atoms with Crippen LogP contribution in [0.4, 0.5) is 0 Å². The Hall–Kier alpha value is -2.37. The van der Waals surface area contributed by atoms with Crippen LogP contribution in [0.5, 0.6) is 0 Å². The molecule has 1 atom stereocenters. The number of hydrogen-bond donors (Lipinski definition) is 1. The second-order valence-electron chi connectivity index (χ2n) is 4.04. The highest BCUT2D eigenvalue weighted by Gasteiger charge is 2.25. The molecule has 1 aliphatic heterocycles. The summed E-state index contributed by atoms with van der Waals surface area (Å²) in [4.78, 5) is 34.6. The number of carbonyl (C=O) groups is 2. The maximum absolute atomic E-state index is 11.4. The van der Waals surface area contributed by atoms with Gasteiger partial charge >= 0.3 is 0 Å². The van der Waals surface area contributed by atoms with Gasteiger partial charge < -0.3 is 5.73 Å². The highest BCUT2D eigenvalue weighted by atomic mass is 16.2. The average molecular weight is 244 g/mol. The number of aryl methyl sites for hydroxylation is 2. The topological polar surface area (TPSA) is 98.3 Å². The Balaban J connectivity index is 2.44. The molecule has 0 aromatic carbocycles. The Morgan fingerprint density at radius 2 is 2.06 bits per heavy atom. The van der Waals surface area contributed by atoms with E-state index in [-0.39, 0.29) is 0 Å². The van der Waals surface area contributed by atoms with Crippen LogP contribution in [0.15, 0.2) is 17.1 Å². The first-order valence-electron chi connectivity index (χ1n) is 5.39. The maximum Gasteiger partial charge on any atom is 0.262 e. The second kappa shape index (κ2) is 4.48. The summed E-state index contributed by atoms with van der Waals surface area (Å²) in [6.45, 7) is 3.61. The fraction of sp³-hybridized carbons (Fsp3) is 0.250. The lowest BCUT2D eigenvalue weighted by molar-refractivity contribution is -0.129. The minimum absolute atomic E-state index is 0.547. The minimum atomic E-state index is -1.01. The van der Waals surface area contributed by atoms with E-state index in [9.17, 15) is 9.59 Å². The third kappa shape index (κ3) is 2.32. The van der Waals surface area contributed by atoms with Crippen molar-refractivity contribution in [2.75, 3.05) is 0 Å². The van der Waals surface area contributed by atoms with Gasteiger partial charge in [0.15, 0.2) is 0 Å². The van der Waals surface area contributed by atoms with E-state index in [2.05, 4.69) is 15.0 Å². The van der Waals surface area contributed by atoms with Crippen molar-refractivity contribution < 1.29 is 9.59 Å². The number of rotatable bonds is 2. The third-order valence-corrected chi connectivity index (χ3v) is 2.51. The molecule has 0 saturated heterocycles. The van der Waals surface area contributed by atoms with Crippen molar-refractivity contribution in [2.45, 2.75) is 13.8 Å². The summed E-state index contributed by atoms with van der Waals surface area (Å²) >= 11 is 0. The molecule has 2 N–H and O–H groups in total. The molecule has 1 aromatic heterocycles. The molecule has 1 unspecified atom stereocenters. The number of primary amides is 1. The van der Waals surface area contributed by atoms with E-state index in [1.807, 2.05) is 6.92 Å². The summed E-state index contributed by atoms with van der Waals surface area (Å²) < 4.78 is 0. The molecule has 0 aliphatic carbocycles. The smallest absolute Gasteiger partial charge is 0.262 e. The van der Waals surface area contributed by atoms with Gasteiger partial charge in [0.1, 0.15) is 11.7 Å². The number of carbonyl (C=O) groups excluding carboxylic acids is 2. The van der Waals surface area contributed by atoms with Gasteiger partial charge in [-0.05, 0) is 19.9 Å². The van der Waals surface area contributed by atoms with Crippen LogP contribution in [0, 0.1) is 19.8 Å². The van der Waals surface area contributed by atoms with Crippen LogP contribution in [0.1, 0.15) is 17.2 Å². The van der Waals surface area contributed by atoms with Crippen LogP contribution in [0.25, 0.3) is 5.57 Å². The fourth-order valence-corrected chi connectivity index (χ4v) is 1.73. The van der Waals surface area contributed by atoms with Crippen molar-refractivity contribution in [1.29, 1.82) is 0 Å². The number of hydrogen-bond acceptors (Lipinski definition) is 4. The molecular weight excluding hydrogens is 232 g/mol. The number of nitrogens with zero attached hydrogens (tertiary/aromatic N) is 3. The first kappa shape index (κ1) is 12.1. The van der Waals surface area contributed by atoms with Crippen LogP contribution in [-0.2, 0) is 9.59 Å². The molecule has 1 aromatic rings. The van der Waals surface area contributed by atoms with Gasteiger partial charge in [0, 0.05) is 17.5 Å². The molecule has 0 saturated carbocycles. The average Bonchev–Trinajstić information content (AvgIpc) is 2.27. The van der Waals surface area contributed by atoms with Crippen LogP contribution in [0.3, 0.4) is 0 Å². The van der Waals surface area contributed by atoms with Gasteiger partial charge in [-0.15, -0.1) is 0 Å². The fourth-order valence-electron chi connectivity index (χ4n) is 1.73. The first-order valence-corrected chi connectivity index (χ1v) is 5.39. The van der Waals surface area contributed by atoms with Crippen molar-refractivity contribution in [3.8, 4) is 0 Å². The molecule has 0 fully saturated rings. The summed E-state index contributed by atoms with van der Waals surface area (Å²) in [5.74, 6) is -1.65. The molecule has 18 heavy (non-hydrogen) atoms. The molecule has 1 aliphatic rings. The van der Waals surface area contributed by atoms with Crippen LogP contribution < -0.4 is 5.73 Å². The minimum Gasteiger partial charge on any atom is -0.369 e.